The van der Waals surface area contributed by atoms with Crippen LogP contribution in [0.25, 0.3) is 0 Å². The number of phenolic OH excluding ortho intramolecular Hbond substituents is 1. The van der Waals surface area contributed by atoms with E-state index in [9.17, 15) is 13.5 Å². The normalized spacial score (nSPS) is 10.7. The highest BCUT2D eigenvalue weighted by Gasteiger charge is 2.22. The molecule has 0 aliphatic carbocycles. The molecule has 0 heterocycles. The van der Waals surface area contributed by atoms with E-state index in [1.807, 2.05) is 13.8 Å². The second-order valence-electron chi connectivity index (χ2n) is 4.30. The summed E-state index contributed by atoms with van der Waals surface area (Å²) < 4.78 is 27.0. The van der Waals surface area contributed by atoms with Gasteiger partial charge in [-0.2, -0.15) is 0 Å². The van der Waals surface area contributed by atoms with Crippen molar-refractivity contribution in [3.8, 4) is 5.75 Å². The molecule has 2 N–H and O–H groups in total. The first-order valence-electron chi connectivity index (χ1n) is 6.67. The summed E-state index contributed by atoms with van der Waals surface area (Å²) in [4.78, 5) is -0.394. The van der Waals surface area contributed by atoms with Crippen LogP contribution in [-0.2, 0) is 10.0 Å². The maximum absolute atomic E-state index is 12.3. The summed E-state index contributed by atoms with van der Waals surface area (Å²) in [6.45, 7) is 5.70. The first-order valence-corrected chi connectivity index (χ1v) is 9.29. The van der Waals surface area contributed by atoms with Crippen LogP contribution in [0.2, 0.25) is 15.1 Å². The standard InChI is InChI=1S/C13H10Cl3NO3S.C2H6/c1-7-4-8(14)2-3-11(7)17-21(19,20)12-6-9(15)5-10(16)13(12)18;1-2/h2-6,17-18H,1H3;1-2H3. The molecule has 0 unspecified atom stereocenters. The first kappa shape index (κ1) is 19.9. The molecule has 8 heteroatoms. The van der Waals surface area contributed by atoms with Gasteiger partial charge in [0.05, 0.1) is 10.7 Å². The van der Waals surface area contributed by atoms with Gasteiger partial charge in [0.1, 0.15) is 4.90 Å². The van der Waals surface area contributed by atoms with Crippen LogP contribution in [0, 0.1) is 6.92 Å². The number of aryl methyl sites for hydroxylation is 1. The van der Waals surface area contributed by atoms with Crippen molar-refractivity contribution in [1.29, 1.82) is 0 Å². The summed E-state index contributed by atoms with van der Waals surface area (Å²) in [6, 6.07) is 7.07. The summed E-state index contributed by atoms with van der Waals surface area (Å²) >= 11 is 17.3. The fourth-order valence-corrected chi connectivity index (χ4v) is 3.80. The van der Waals surface area contributed by atoms with Gasteiger partial charge in [-0.15, -0.1) is 0 Å². The summed E-state index contributed by atoms with van der Waals surface area (Å²) in [5.41, 5.74) is 0.980. The lowest BCUT2D eigenvalue weighted by atomic mass is 10.2. The zero-order valence-corrected chi connectivity index (χ0v) is 15.8. The molecule has 0 aliphatic rings. The topological polar surface area (TPSA) is 66.4 Å². The van der Waals surface area contributed by atoms with E-state index in [4.69, 9.17) is 34.8 Å². The SMILES string of the molecule is CC.Cc1cc(Cl)ccc1NS(=O)(=O)c1cc(Cl)cc(Cl)c1O. The Morgan fingerprint density at radius 2 is 1.61 bits per heavy atom. The minimum absolute atomic E-state index is 0.103. The van der Waals surface area contributed by atoms with Gasteiger partial charge in [0.15, 0.2) is 5.75 Å². The molecule has 0 atom stereocenters. The van der Waals surface area contributed by atoms with Crippen molar-refractivity contribution >= 4 is 50.5 Å². The third-order valence-electron chi connectivity index (χ3n) is 2.72. The van der Waals surface area contributed by atoms with Gasteiger partial charge in [-0.25, -0.2) is 8.42 Å². The Morgan fingerprint density at radius 3 is 2.17 bits per heavy atom. The van der Waals surface area contributed by atoms with E-state index < -0.39 is 20.7 Å². The Balaban J connectivity index is 0.00000127. The molecule has 0 amide bonds. The summed E-state index contributed by atoms with van der Waals surface area (Å²) in [7, 11) is -4.04. The van der Waals surface area contributed by atoms with E-state index in [1.54, 1.807) is 19.1 Å². The van der Waals surface area contributed by atoms with E-state index in [-0.39, 0.29) is 10.0 Å². The van der Waals surface area contributed by atoms with Gasteiger partial charge in [0.2, 0.25) is 0 Å². The molecule has 0 bridgehead atoms. The lowest BCUT2D eigenvalue weighted by Crippen LogP contribution is -2.14. The second-order valence-corrected chi connectivity index (χ2v) is 7.23. The first-order chi connectivity index (χ1) is 10.7. The Hall–Kier alpha value is -1.14. The molecule has 0 spiro atoms. The van der Waals surface area contributed by atoms with Crippen LogP contribution >= 0.6 is 34.8 Å². The quantitative estimate of drug-likeness (QED) is 0.721. The van der Waals surface area contributed by atoms with Crippen LogP contribution < -0.4 is 4.72 Å². The number of hydrogen-bond donors (Lipinski definition) is 2. The molecule has 0 fully saturated rings. The van der Waals surface area contributed by atoms with E-state index in [1.165, 1.54) is 12.1 Å². The Kier molecular flexibility index (Phi) is 7.02. The summed E-state index contributed by atoms with van der Waals surface area (Å²) in [6.07, 6.45) is 0. The molecular weight excluding hydrogens is 381 g/mol. The van der Waals surface area contributed by atoms with Crippen molar-refractivity contribution in [3.05, 3.63) is 51.0 Å². The lowest BCUT2D eigenvalue weighted by molar-refractivity contribution is 0.459. The largest absolute Gasteiger partial charge is 0.505 e. The highest BCUT2D eigenvalue weighted by atomic mass is 35.5. The van der Waals surface area contributed by atoms with Crippen molar-refractivity contribution in [1.82, 2.24) is 0 Å². The average Bonchev–Trinajstić information content (AvgIpc) is 2.48. The molecule has 2 aromatic carbocycles. The smallest absolute Gasteiger partial charge is 0.265 e. The Morgan fingerprint density at radius 1 is 1.00 bits per heavy atom. The molecule has 23 heavy (non-hydrogen) atoms. The molecule has 0 saturated carbocycles. The highest BCUT2D eigenvalue weighted by molar-refractivity contribution is 7.92. The van der Waals surface area contributed by atoms with Crippen LogP contribution in [0.1, 0.15) is 19.4 Å². The Bertz CT molecular complexity index is 808. The number of sulfonamides is 1. The highest BCUT2D eigenvalue weighted by Crippen LogP contribution is 2.35. The fourth-order valence-electron chi connectivity index (χ4n) is 1.69. The van der Waals surface area contributed by atoms with Crippen molar-refractivity contribution in [2.24, 2.45) is 0 Å². The van der Waals surface area contributed by atoms with Crippen molar-refractivity contribution in [2.75, 3.05) is 4.72 Å². The third-order valence-corrected chi connectivity index (χ3v) is 4.84. The van der Waals surface area contributed by atoms with Crippen LogP contribution in [-0.4, -0.2) is 13.5 Å². The van der Waals surface area contributed by atoms with Crippen LogP contribution in [0.4, 0.5) is 5.69 Å². The van der Waals surface area contributed by atoms with Crippen LogP contribution in [0.5, 0.6) is 5.75 Å². The molecule has 126 valence electrons. The zero-order chi connectivity index (χ0) is 17.8. The van der Waals surface area contributed by atoms with Crippen LogP contribution in [0.3, 0.4) is 0 Å². The molecule has 0 radical (unpaired) electrons. The number of halogens is 3. The number of hydrogen-bond acceptors (Lipinski definition) is 3. The average molecular weight is 397 g/mol. The molecule has 0 aliphatic heterocycles. The van der Waals surface area contributed by atoms with Crippen molar-refractivity contribution < 1.29 is 13.5 Å². The second kappa shape index (κ2) is 8.11. The third kappa shape index (κ3) is 4.91. The predicted molar refractivity (Wildman–Crippen MR) is 96.5 cm³/mol. The van der Waals surface area contributed by atoms with E-state index >= 15 is 0 Å². The summed E-state index contributed by atoms with van der Waals surface area (Å²) in [5, 5.41) is 10.3. The van der Waals surface area contributed by atoms with Crippen LogP contribution in [0.15, 0.2) is 35.2 Å². The number of rotatable bonds is 3. The molecule has 0 aromatic heterocycles. The fraction of sp³-hybridized carbons (Fsp3) is 0.200. The number of aromatic hydroxyl groups is 1. The van der Waals surface area contributed by atoms with Gasteiger partial charge in [0, 0.05) is 10.0 Å². The molecule has 0 saturated heterocycles. The Labute approximate surface area is 151 Å². The van der Waals surface area contributed by atoms with E-state index in [0.717, 1.165) is 6.07 Å². The van der Waals surface area contributed by atoms with E-state index in [0.29, 0.717) is 16.3 Å². The van der Waals surface area contributed by atoms with Crippen molar-refractivity contribution in [3.63, 3.8) is 0 Å². The van der Waals surface area contributed by atoms with Gasteiger partial charge < -0.3 is 5.11 Å². The van der Waals surface area contributed by atoms with Gasteiger partial charge in [-0.1, -0.05) is 48.7 Å². The van der Waals surface area contributed by atoms with Crippen molar-refractivity contribution in [2.45, 2.75) is 25.7 Å². The minimum atomic E-state index is -4.04. The molecule has 2 aromatic rings. The number of nitrogens with one attached hydrogen (secondary N) is 1. The van der Waals surface area contributed by atoms with Gasteiger partial charge in [-0.3, -0.25) is 4.72 Å². The molecule has 4 nitrogen and oxygen atoms in total. The van der Waals surface area contributed by atoms with Gasteiger partial charge in [-0.05, 0) is 42.8 Å². The van der Waals surface area contributed by atoms with Gasteiger partial charge in [0.25, 0.3) is 10.0 Å². The lowest BCUT2D eigenvalue weighted by Gasteiger charge is -2.12. The summed E-state index contributed by atoms with van der Waals surface area (Å²) in [5.74, 6) is -0.555. The monoisotopic (exact) mass is 395 g/mol. The number of benzene rings is 2. The zero-order valence-electron chi connectivity index (χ0n) is 12.7. The predicted octanol–water partition coefficient (Wildman–Crippen LogP) is 5.49. The minimum Gasteiger partial charge on any atom is -0.505 e. The van der Waals surface area contributed by atoms with E-state index in [2.05, 4.69) is 4.72 Å². The molecule has 2 rings (SSSR count). The maximum Gasteiger partial charge on any atom is 0.265 e. The number of anilines is 1. The van der Waals surface area contributed by atoms with Gasteiger partial charge >= 0.3 is 0 Å². The molecular formula is C15H16Cl3NO3S. The number of phenols is 1. The maximum atomic E-state index is 12.3.